The van der Waals surface area contributed by atoms with Crippen molar-refractivity contribution in [3.05, 3.63) is 53.6 Å². The number of fused-ring (bicyclic) bond motifs is 1. The first-order chi connectivity index (χ1) is 15.7. The highest BCUT2D eigenvalue weighted by Crippen LogP contribution is 2.45. The van der Waals surface area contributed by atoms with Gasteiger partial charge in [0.15, 0.2) is 5.75 Å². The average molecular weight is 533 g/mol. The molecule has 15 heteroatoms. The van der Waals surface area contributed by atoms with E-state index in [2.05, 4.69) is 19.6 Å². The second-order valence-corrected chi connectivity index (χ2v) is 10.4. The Morgan fingerprint density at radius 1 is 0.971 bits per heavy atom. The van der Waals surface area contributed by atoms with Crippen molar-refractivity contribution in [3.63, 3.8) is 0 Å². The number of rotatable bonds is 6. The molecular formula is C19H20N2O10S3. The van der Waals surface area contributed by atoms with Gasteiger partial charge in [-0.15, -0.1) is 14.6 Å². The SMILES string of the molecule is CS(=O)(=O)O.Cc1ccc(N=Nc2c(SOOO)cc3cccc(C)c3c2O)c(S(=O)(=O)O)c1. The Hall–Kier alpha value is -2.63. The molecule has 0 spiro atoms. The number of azo groups is 1. The second kappa shape index (κ2) is 11.2. The number of phenolic OH excluding ortho intramolecular Hbond substituents is 1. The average Bonchev–Trinajstić information content (AvgIpc) is 2.70. The first-order valence-corrected chi connectivity index (χ1v) is 13.1. The number of aryl methyl sites for hydroxylation is 2. The maximum absolute atomic E-state index is 11.6. The molecule has 0 amide bonds. The van der Waals surface area contributed by atoms with Gasteiger partial charge in [-0.2, -0.15) is 16.8 Å². The maximum Gasteiger partial charge on any atom is 0.296 e. The monoisotopic (exact) mass is 532 g/mol. The van der Waals surface area contributed by atoms with Gasteiger partial charge in [0.05, 0.1) is 23.2 Å². The lowest BCUT2D eigenvalue weighted by Gasteiger charge is -2.11. The van der Waals surface area contributed by atoms with Crippen LogP contribution < -0.4 is 0 Å². The number of hydrogen-bond acceptors (Lipinski definition) is 11. The molecule has 3 aromatic rings. The molecule has 0 fully saturated rings. The molecule has 0 aliphatic carbocycles. The van der Waals surface area contributed by atoms with Crippen LogP contribution in [0.4, 0.5) is 11.4 Å². The summed E-state index contributed by atoms with van der Waals surface area (Å²) in [5.74, 6) is -0.214. The Labute approximate surface area is 199 Å². The van der Waals surface area contributed by atoms with Crippen LogP contribution in [0.1, 0.15) is 11.1 Å². The molecule has 34 heavy (non-hydrogen) atoms. The minimum Gasteiger partial charge on any atom is -0.505 e. The maximum atomic E-state index is 11.6. The molecular weight excluding hydrogens is 512 g/mol. The van der Waals surface area contributed by atoms with Gasteiger partial charge in [0.1, 0.15) is 16.3 Å². The molecule has 0 heterocycles. The van der Waals surface area contributed by atoms with E-state index in [1.54, 1.807) is 44.2 Å². The van der Waals surface area contributed by atoms with Crippen LogP contribution in [0.25, 0.3) is 10.8 Å². The molecule has 12 nitrogen and oxygen atoms in total. The normalized spacial score (nSPS) is 12.1. The molecule has 0 aromatic heterocycles. The molecule has 0 bridgehead atoms. The van der Waals surface area contributed by atoms with Crippen LogP contribution >= 0.6 is 12.0 Å². The molecule has 0 saturated carbocycles. The summed E-state index contributed by atoms with van der Waals surface area (Å²) in [5, 5.41) is 31.9. The summed E-state index contributed by atoms with van der Waals surface area (Å²) in [6, 6.07) is 11.3. The van der Waals surface area contributed by atoms with Crippen molar-refractivity contribution in [1.29, 1.82) is 0 Å². The first-order valence-electron chi connectivity index (χ1n) is 9.04. The van der Waals surface area contributed by atoms with Crippen LogP contribution in [0, 0.1) is 13.8 Å². The standard InChI is InChI=1S/C18H16N2O7S2.CH4O3S/c1-10-6-7-13(15(8-10)29(23,24)25)19-20-17-14(28-27-26-22)9-12-5-3-4-11(2)16(12)18(17)21;1-5(2,3)4/h3-9,21-22H,1-2H3,(H,23,24,25);1H3,(H,2,3,4). The number of benzene rings is 3. The van der Waals surface area contributed by atoms with Crippen LogP contribution in [-0.4, -0.2) is 42.6 Å². The van der Waals surface area contributed by atoms with E-state index in [0.717, 1.165) is 5.56 Å². The first kappa shape index (κ1) is 27.6. The van der Waals surface area contributed by atoms with E-state index in [9.17, 15) is 26.5 Å². The van der Waals surface area contributed by atoms with E-state index in [-0.39, 0.29) is 22.0 Å². The van der Waals surface area contributed by atoms with Crippen LogP contribution in [0.5, 0.6) is 5.75 Å². The summed E-state index contributed by atoms with van der Waals surface area (Å²) in [6.45, 7) is 3.47. The Kier molecular flexibility index (Phi) is 9.09. The van der Waals surface area contributed by atoms with Crippen LogP contribution in [-0.2, 0) is 29.6 Å². The predicted molar refractivity (Wildman–Crippen MR) is 124 cm³/mol. The van der Waals surface area contributed by atoms with E-state index < -0.39 is 25.1 Å². The minimum atomic E-state index is -4.54. The van der Waals surface area contributed by atoms with Gasteiger partial charge in [-0.05, 0) is 48.6 Å². The van der Waals surface area contributed by atoms with E-state index in [1.807, 2.05) is 0 Å². The fourth-order valence-corrected chi connectivity index (χ4v) is 4.01. The fourth-order valence-electron chi connectivity index (χ4n) is 2.81. The number of hydrogen-bond donors (Lipinski definition) is 4. The topological polar surface area (TPSA) is 192 Å². The Balaban J connectivity index is 0.000000739. The zero-order valence-corrected chi connectivity index (χ0v) is 20.3. The van der Waals surface area contributed by atoms with Crippen molar-refractivity contribution < 1.29 is 45.7 Å². The summed E-state index contributed by atoms with van der Waals surface area (Å²) in [7, 11) is -8.20. The van der Waals surface area contributed by atoms with Crippen molar-refractivity contribution in [3.8, 4) is 5.75 Å². The molecule has 0 atom stereocenters. The lowest BCUT2D eigenvalue weighted by atomic mass is 10.0. The van der Waals surface area contributed by atoms with Gasteiger partial charge in [-0.25, -0.2) is 5.26 Å². The smallest absolute Gasteiger partial charge is 0.296 e. The molecule has 0 unspecified atom stereocenters. The van der Waals surface area contributed by atoms with E-state index in [1.165, 1.54) is 12.1 Å². The summed E-state index contributed by atoms with van der Waals surface area (Å²) in [5.41, 5.74) is 1.24. The molecule has 3 aromatic carbocycles. The molecule has 0 radical (unpaired) electrons. The van der Waals surface area contributed by atoms with E-state index >= 15 is 0 Å². The molecule has 0 saturated heterocycles. The molecule has 184 valence electrons. The molecule has 4 N–H and O–H groups in total. The Morgan fingerprint density at radius 3 is 2.21 bits per heavy atom. The summed E-state index contributed by atoms with van der Waals surface area (Å²) in [4.78, 5) is -0.166. The van der Waals surface area contributed by atoms with Gasteiger partial charge in [0.25, 0.3) is 20.2 Å². The Morgan fingerprint density at radius 2 is 1.62 bits per heavy atom. The van der Waals surface area contributed by atoms with E-state index in [0.29, 0.717) is 34.6 Å². The third-order valence-electron chi connectivity index (χ3n) is 4.09. The van der Waals surface area contributed by atoms with Crippen molar-refractivity contribution in [2.75, 3.05) is 6.26 Å². The van der Waals surface area contributed by atoms with Crippen molar-refractivity contribution in [2.45, 2.75) is 23.6 Å². The van der Waals surface area contributed by atoms with Crippen molar-refractivity contribution in [2.24, 2.45) is 10.2 Å². The fraction of sp³-hybridized carbons (Fsp3) is 0.158. The molecule has 3 rings (SSSR count). The predicted octanol–water partition coefficient (Wildman–Crippen LogP) is 4.76. The third kappa shape index (κ3) is 7.71. The highest BCUT2D eigenvalue weighted by atomic mass is 32.2. The Bertz CT molecular complexity index is 1430. The second-order valence-electron chi connectivity index (χ2n) is 6.85. The molecule has 0 aliphatic rings. The van der Waals surface area contributed by atoms with Gasteiger partial charge in [-0.1, -0.05) is 29.3 Å². The van der Waals surface area contributed by atoms with Crippen LogP contribution in [0.2, 0.25) is 0 Å². The number of aromatic hydroxyl groups is 1. The number of phenols is 1. The lowest BCUT2D eigenvalue weighted by Crippen LogP contribution is -1.98. The number of nitrogens with zero attached hydrogens (tertiary/aromatic N) is 2. The zero-order chi connectivity index (χ0) is 25.7. The minimum absolute atomic E-state index is 0.0317. The van der Waals surface area contributed by atoms with Gasteiger partial charge in [0.2, 0.25) is 0 Å². The van der Waals surface area contributed by atoms with Crippen LogP contribution in [0.15, 0.2) is 62.5 Å². The third-order valence-corrected chi connectivity index (χ3v) is 5.59. The van der Waals surface area contributed by atoms with E-state index in [4.69, 9.17) is 9.81 Å². The summed E-state index contributed by atoms with van der Waals surface area (Å²) < 4.78 is 63.1. The van der Waals surface area contributed by atoms with Gasteiger partial charge in [0, 0.05) is 5.39 Å². The highest BCUT2D eigenvalue weighted by Gasteiger charge is 2.18. The quantitative estimate of drug-likeness (QED) is 0.112. The lowest BCUT2D eigenvalue weighted by molar-refractivity contribution is -0.432. The van der Waals surface area contributed by atoms with Gasteiger partial charge >= 0.3 is 0 Å². The largest absolute Gasteiger partial charge is 0.505 e. The van der Waals surface area contributed by atoms with Crippen LogP contribution in [0.3, 0.4) is 0 Å². The summed E-state index contributed by atoms with van der Waals surface area (Å²) in [6.07, 6.45) is 0.715. The van der Waals surface area contributed by atoms with Crippen molar-refractivity contribution in [1.82, 2.24) is 0 Å². The highest BCUT2D eigenvalue weighted by molar-refractivity contribution is 7.94. The zero-order valence-electron chi connectivity index (χ0n) is 17.9. The van der Waals surface area contributed by atoms with Crippen molar-refractivity contribution >= 4 is 54.4 Å². The summed E-state index contributed by atoms with van der Waals surface area (Å²) >= 11 is 0.576. The van der Waals surface area contributed by atoms with Gasteiger partial charge < -0.3 is 5.11 Å². The van der Waals surface area contributed by atoms with Gasteiger partial charge in [-0.3, -0.25) is 9.11 Å². The molecule has 0 aliphatic heterocycles.